The number of aromatic nitrogens is 1. The van der Waals surface area contributed by atoms with Crippen LogP contribution in [-0.4, -0.2) is 13.1 Å². The average molecular weight is 423 g/mol. The molecule has 2 rings (SSSR count). The van der Waals surface area contributed by atoms with Crippen LogP contribution in [0.1, 0.15) is 38.8 Å². The van der Waals surface area contributed by atoms with Crippen LogP contribution < -0.4 is 10.5 Å². The van der Waals surface area contributed by atoms with Crippen molar-refractivity contribution in [2.24, 2.45) is 0 Å². The van der Waals surface area contributed by atoms with Gasteiger partial charge in [0.25, 0.3) is 0 Å². The van der Waals surface area contributed by atoms with Gasteiger partial charge < -0.3 is 0 Å². The summed E-state index contributed by atoms with van der Waals surface area (Å²) < 4.78 is 1.40. The van der Waals surface area contributed by atoms with Crippen molar-refractivity contribution in [1.29, 1.82) is 0 Å². The fourth-order valence-electron chi connectivity index (χ4n) is 3.72. The Kier molecular flexibility index (Phi) is 5.48. The summed E-state index contributed by atoms with van der Waals surface area (Å²) in [5, 5.41) is 2.88. The lowest BCUT2D eigenvalue weighted by Crippen LogP contribution is -2.64. The number of aryl methyl sites for hydroxylation is 2. The van der Waals surface area contributed by atoms with Crippen LogP contribution in [0.2, 0.25) is 11.1 Å². The molecule has 0 unspecified atom stereocenters. The molecule has 0 saturated heterocycles. The van der Waals surface area contributed by atoms with E-state index in [1.807, 2.05) is 12.3 Å². The summed E-state index contributed by atoms with van der Waals surface area (Å²) in [6.07, 6.45) is 1.95. The van der Waals surface area contributed by atoms with Crippen LogP contribution in [0, 0.1) is 17.4 Å². The molecule has 2 aromatic rings. The summed E-state index contributed by atoms with van der Waals surface area (Å²) in [6.45, 7) is 14.0. The Balaban J connectivity index is 2.83. The van der Waals surface area contributed by atoms with E-state index in [2.05, 4.69) is 88.4 Å². The van der Waals surface area contributed by atoms with Gasteiger partial charge >= 0.3 is 0 Å². The van der Waals surface area contributed by atoms with E-state index in [1.54, 1.807) is 5.19 Å². The Morgan fingerprint density at radius 1 is 0.955 bits per heavy atom. The van der Waals surface area contributed by atoms with Crippen LogP contribution in [0.3, 0.4) is 0 Å². The highest BCUT2D eigenvalue weighted by molar-refractivity contribution is 14.1. The first-order chi connectivity index (χ1) is 10.3. The zero-order valence-corrected chi connectivity index (χ0v) is 17.6. The number of hydrogen-bond donors (Lipinski definition) is 0. The van der Waals surface area contributed by atoms with Crippen molar-refractivity contribution in [3.8, 4) is 0 Å². The maximum Gasteiger partial charge on any atom is 0.147 e. The highest BCUT2D eigenvalue weighted by atomic mass is 127. The number of hydrogen-bond acceptors (Lipinski definition) is 1. The van der Waals surface area contributed by atoms with Crippen LogP contribution in [0.15, 0.2) is 36.5 Å². The second-order valence-electron chi connectivity index (χ2n) is 6.81. The molecule has 0 saturated carbocycles. The van der Waals surface area contributed by atoms with E-state index in [9.17, 15) is 0 Å². The highest BCUT2D eigenvalue weighted by Crippen LogP contribution is 2.33. The molecule has 1 nitrogen and oxygen atoms in total. The van der Waals surface area contributed by atoms with E-state index in [1.165, 1.54) is 20.0 Å². The third-order valence-corrected chi connectivity index (χ3v) is 12.4. The Morgan fingerprint density at radius 2 is 1.55 bits per heavy atom. The van der Waals surface area contributed by atoms with E-state index in [4.69, 9.17) is 4.98 Å². The van der Waals surface area contributed by atoms with Gasteiger partial charge in [0.15, 0.2) is 0 Å². The SMILES string of the molecule is Cc1cc(I)c([Si](c2ccccn2)(C(C)C)C(C)C)cc1C. The first-order valence-corrected chi connectivity index (χ1v) is 11.2. The van der Waals surface area contributed by atoms with E-state index in [-0.39, 0.29) is 0 Å². The predicted molar refractivity (Wildman–Crippen MR) is 108 cm³/mol. The molecule has 0 amide bonds. The molecule has 0 N–H and O–H groups in total. The van der Waals surface area contributed by atoms with Gasteiger partial charge in [-0.15, -0.1) is 0 Å². The highest BCUT2D eigenvalue weighted by Gasteiger charge is 2.46. The molecule has 1 aromatic carbocycles. The molecule has 0 fully saturated rings. The predicted octanol–water partition coefficient (Wildman–Crippen LogP) is 4.69. The van der Waals surface area contributed by atoms with Crippen molar-refractivity contribution >= 4 is 41.2 Å². The molecule has 0 aliphatic carbocycles. The van der Waals surface area contributed by atoms with Gasteiger partial charge in [0.1, 0.15) is 8.07 Å². The third kappa shape index (κ3) is 2.89. The van der Waals surface area contributed by atoms with Crippen LogP contribution in [-0.2, 0) is 0 Å². The van der Waals surface area contributed by atoms with Crippen LogP contribution >= 0.6 is 22.6 Å². The number of nitrogens with zero attached hydrogens (tertiary/aromatic N) is 1. The Labute approximate surface area is 149 Å². The molecular formula is C19H26INSi. The molecule has 3 heteroatoms. The molecule has 0 radical (unpaired) electrons. The summed E-state index contributed by atoms with van der Waals surface area (Å²) in [4.78, 5) is 4.82. The van der Waals surface area contributed by atoms with E-state index < -0.39 is 8.07 Å². The van der Waals surface area contributed by atoms with E-state index in [0.29, 0.717) is 11.1 Å². The standard InChI is InChI=1S/C19H26INSi/c1-13(2)22(14(3)4,19-9-7-8-10-21-19)18-12-16(6)15(5)11-17(18)20/h7-14H,1-6H3. The minimum Gasteiger partial charge on any atom is -0.266 e. The first kappa shape index (κ1) is 17.7. The molecule has 0 aliphatic heterocycles. The Morgan fingerprint density at radius 3 is 2.05 bits per heavy atom. The van der Waals surface area contributed by atoms with Gasteiger partial charge in [-0.25, -0.2) is 0 Å². The molecular weight excluding hydrogens is 397 g/mol. The monoisotopic (exact) mass is 423 g/mol. The topological polar surface area (TPSA) is 12.9 Å². The van der Waals surface area contributed by atoms with Gasteiger partial charge in [-0.3, -0.25) is 4.98 Å². The maximum absolute atomic E-state index is 4.82. The molecule has 22 heavy (non-hydrogen) atoms. The molecule has 1 heterocycles. The summed E-state index contributed by atoms with van der Waals surface area (Å²) in [7, 11) is -1.92. The van der Waals surface area contributed by atoms with Crippen molar-refractivity contribution in [3.63, 3.8) is 0 Å². The molecule has 0 atom stereocenters. The van der Waals surface area contributed by atoms with E-state index in [0.717, 1.165) is 0 Å². The van der Waals surface area contributed by atoms with Gasteiger partial charge in [0, 0.05) is 15.1 Å². The van der Waals surface area contributed by atoms with Crippen LogP contribution in [0.25, 0.3) is 0 Å². The molecule has 118 valence electrons. The lowest BCUT2D eigenvalue weighted by Gasteiger charge is -2.40. The average Bonchev–Trinajstić information content (AvgIpc) is 2.45. The lowest BCUT2D eigenvalue weighted by molar-refractivity contribution is 0.922. The first-order valence-electron chi connectivity index (χ1n) is 8.00. The fraction of sp³-hybridized carbons (Fsp3) is 0.421. The largest absolute Gasteiger partial charge is 0.266 e. The van der Waals surface area contributed by atoms with Crippen LogP contribution in [0.5, 0.6) is 0 Å². The smallest absolute Gasteiger partial charge is 0.147 e. The summed E-state index contributed by atoms with van der Waals surface area (Å²) >= 11 is 2.53. The summed E-state index contributed by atoms with van der Waals surface area (Å²) in [5.41, 5.74) is 3.99. The summed E-state index contributed by atoms with van der Waals surface area (Å²) in [5.74, 6) is 0. The normalized spacial score (nSPS) is 12.2. The zero-order chi connectivity index (χ0) is 16.5. The summed E-state index contributed by atoms with van der Waals surface area (Å²) in [6, 6.07) is 11.2. The number of halogens is 1. The Bertz CT molecular complexity index is 642. The van der Waals surface area contributed by atoms with Gasteiger partial charge in [-0.2, -0.15) is 0 Å². The molecule has 1 aromatic heterocycles. The van der Waals surface area contributed by atoms with Gasteiger partial charge in [0.2, 0.25) is 0 Å². The number of rotatable bonds is 4. The minimum absolute atomic E-state index is 0.609. The molecule has 0 spiro atoms. The molecule has 0 bridgehead atoms. The van der Waals surface area contributed by atoms with Crippen molar-refractivity contribution in [2.45, 2.75) is 52.6 Å². The van der Waals surface area contributed by atoms with Gasteiger partial charge in [-0.05, 0) is 82.0 Å². The maximum atomic E-state index is 4.82. The van der Waals surface area contributed by atoms with E-state index >= 15 is 0 Å². The third-order valence-electron chi connectivity index (χ3n) is 4.94. The van der Waals surface area contributed by atoms with Crippen molar-refractivity contribution < 1.29 is 0 Å². The second-order valence-corrected chi connectivity index (χ2v) is 13.1. The number of pyridine rings is 1. The lowest BCUT2D eigenvalue weighted by atomic mass is 10.1. The quantitative estimate of drug-likeness (QED) is 0.514. The van der Waals surface area contributed by atoms with Crippen molar-refractivity contribution in [3.05, 3.63) is 51.2 Å². The second kappa shape index (κ2) is 6.83. The zero-order valence-electron chi connectivity index (χ0n) is 14.4. The van der Waals surface area contributed by atoms with Crippen molar-refractivity contribution in [2.75, 3.05) is 0 Å². The van der Waals surface area contributed by atoms with Gasteiger partial charge in [0.05, 0.1) is 0 Å². The van der Waals surface area contributed by atoms with Crippen LogP contribution in [0.4, 0.5) is 0 Å². The fourth-order valence-corrected chi connectivity index (χ4v) is 11.3. The number of benzene rings is 1. The Hall–Kier alpha value is -0.683. The van der Waals surface area contributed by atoms with Gasteiger partial charge in [-0.1, -0.05) is 39.8 Å². The minimum atomic E-state index is -1.92. The molecule has 0 aliphatic rings. The van der Waals surface area contributed by atoms with Crippen molar-refractivity contribution in [1.82, 2.24) is 4.98 Å².